The van der Waals surface area contributed by atoms with Crippen LogP contribution in [-0.2, 0) is 32.2 Å². The summed E-state index contributed by atoms with van der Waals surface area (Å²) in [6.07, 6.45) is 2.53. The van der Waals surface area contributed by atoms with Gasteiger partial charge in [-0.25, -0.2) is 9.18 Å². The topological polar surface area (TPSA) is 65.1 Å². The fourth-order valence-electron chi connectivity index (χ4n) is 2.76. The van der Waals surface area contributed by atoms with Crippen LogP contribution in [0.25, 0.3) is 6.08 Å². The number of carbonyl (C=O) groups excluding carboxylic acids is 2. The second-order valence-electron chi connectivity index (χ2n) is 6.15. The number of hydrogen-bond acceptors (Lipinski definition) is 6. The van der Waals surface area contributed by atoms with Crippen LogP contribution in [-0.4, -0.2) is 36.7 Å². The lowest BCUT2D eigenvalue weighted by atomic mass is 10.1. The molecule has 0 bridgehead atoms. The molecule has 0 unspecified atom stereocenters. The number of amides is 1. The summed E-state index contributed by atoms with van der Waals surface area (Å²) >= 11 is 7.30. The Bertz CT molecular complexity index is 930. The largest absolute Gasteiger partial charge is 0.467 e. The summed E-state index contributed by atoms with van der Waals surface area (Å²) in [5.74, 6) is -1.03. The van der Waals surface area contributed by atoms with E-state index in [1.54, 1.807) is 11.0 Å². The van der Waals surface area contributed by atoms with Crippen molar-refractivity contribution in [2.75, 3.05) is 19.9 Å². The quantitative estimate of drug-likeness (QED) is 0.481. The maximum absolute atomic E-state index is 13.7. The number of thiophene rings is 1. The van der Waals surface area contributed by atoms with Crippen LogP contribution < -0.4 is 4.74 Å². The number of halogens is 2. The zero-order valence-corrected chi connectivity index (χ0v) is 17.2. The number of hydrogen-bond donors (Lipinski definition) is 0. The molecular formula is C20H19ClFNO5S. The maximum atomic E-state index is 13.7. The highest BCUT2D eigenvalue weighted by atomic mass is 35.5. The van der Waals surface area contributed by atoms with Gasteiger partial charge in [0.2, 0.25) is 0 Å². The minimum Gasteiger partial charge on any atom is -0.467 e. The van der Waals surface area contributed by atoms with Crippen LogP contribution >= 0.6 is 22.9 Å². The Morgan fingerprint density at radius 2 is 2.21 bits per heavy atom. The molecular weight excluding hydrogens is 421 g/mol. The van der Waals surface area contributed by atoms with Crippen molar-refractivity contribution in [3.05, 3.63) is 56.5 Å². The number of carbonyl (C=O) groups is 2. The van der Waals surface area contributed by atoms with Gasteiger partial charge >= 0.3 is 5.97 Å². The SMILES string of the molecule is CCN(Cc1ccc(Cl)s1)C(=O)COC(=O)/C=C/c1cc(F)cc2c1OCOC2. The van der Waals surface area contributed by atoms with Crippen LogP contribution in [0.2, 0.25) is 4.34 Å². The lowest BCUT2D eigenvalue weighted by molar-refractivity contribution is -0.148. The van der Waals surface area contributed by atoms with Crippen molar-refractivity contribution in [1.82, 2.24) is 4.90 Å². The maximum Gasteiger partial charge on any atom is 0.331 e. The third-order valence-electron chi connectivity index (χ3n) is 4.15. The Balaban J connectivity index is 1.56. The van der Waals surface area contributed by atoms with Crippen LogP contribution in [0.4, 0.5) is 4.39 Å². The Morgan fingerprint density at radius 1 is 1.38 bits per heavy atom. The number of benzene rings is 1. The summed E-state index contributed by atoms with van der Waals surface area (Å²) in [6.45, 7) is 2.61. The highest BCUT2D eigenvalue weighted by Crippen LogP contribution is 2.30. The van der Waals surface area contributed by atoms with Gasteiger partial charge in [-0.05, 0) is 37.3 Å². The minimum absolute atomic E-state index is 0.0563. The summed E-state index contributed by atoms with van der Waals surface area (Å²) < 4.78 is 29.9. The summed E-state index contributed by atoms with van der Waals surface area (Å²) in [4.78, 5) is 26.8. The van der Waals surface area contributed by atoms with Crippen molar-refractivity contribution in [1.29, 1.82) is 0 Å². The predicted molar refractivity (Wildman–Crippen MR) is 107 cm³/mol. The van der Waals surface area contributed by atoms with E-state index in [0.29, 0.717) is 34.3 Å². The molecule has 0 atom stereocenters. The number of likely N-dealkylation sites (N-methyl/N-ethyl adjacent to an activating group) is 1. The molecule has 2 heterocycles. The van der Waals surface area contributed by atoms with Crippen LogP contribution in [0.15, 0.2) is 30.3 Å². The van der Waals surface area contributed by atoms with E-state index in [9.17, 15) is 14.0 Å². The van der Waals surface area contributed by atoms with Gasteiger partial charge in [-0.3, -0.25) is 4.79 Å². The summed E-state index contributed by atoms with van der Waals surface area (Å²) in [5, 5.41) is 0. The van der Waals surface area contributed by atoms with Crippen molar-refractivity contribution in [2.45, 2.75) is 20.1 Å². The number of fused-ring (bicyclic) bond motifs is 1. The molecule has 9 heteroatoms. The Kier molecular flexibility index (Phi) is 7.24. The molecule has 154 valence electrons. The number of ether oxygens (including phenoxy) is 3. The molecule has 0 aliphatic carbocycles. The second kappa shape index (κ2) is 9.87. The average Bonchev–Trinajstić information content (AvgIpc) is 3.13. The van der Waals surface area contributed by atoms with Crippen molar-refractivity contribution < 1.29 is 28.2 Å². The molecule has 0 saturated carbocycles. The van der Waals surface area contributed by atoms with Gasteiger partial charge in [-0.2, -0.15) is 0 Å². The first-order chi connectivity index (χ1) is 14.0. The monoisotopic (exact) mass is 439 g/mol. The molecule has 3 rings (SSSR count). The van der Waals surface area contributed by atoms with Gasteiger partial charge in [0, 0.05) is 28.6 Å². The number of esters is 1. The molecule has 6 nitrogen and oxygen atoms in total. The highest BCUT2D eigenvalue weighted by Gasteiger charge is 2.17. The molecule has 2 aromatic rings. The first-order valence-electron chi connectivity index (χ1n) is 8.86. The minimum atomic E-state index is -0.710. The van der Waals surface area contributed by atoms with Gasteiger partial charge in [0.25, 0.3) is 5.91 Å². The van der Waals surface area contributed by atoms with Crippen LogP contribution in [0.1, 0.15) is 22.9 Å². The van der Waals surface area contributed by atoms with Gasteiger partial charge in [-0.1, -0.05) is 11.6 Å². The molecule has 1 aromatic carbocycles. The van der Waals surface area contributed by atoms with Crippen molar-refractivity contribution in [3.63, 3.8) is 0 Å². The van der Waals surface area contributed by atoms with Crippen molar-refractivity contribution >= 4 is 40.9 Å². The first-order valence-corrected chi connectivity index (χ1v) is 10.1. The van der Waals surface area contributed by atoms with Gasteiger partial charge < -0.3 is 19.1 Å². The van der Waals surface area contributed by atoms with Gasteiger partial charge in [0.1, 0.15) is 11.6 Å². The molecule has 0 fully saturated rings. The van der Waals surface area contributed by atoms with E-state index < -0.39 is 11.8 Å². The van der Waals surface area contributed by atoms with Gasteiger partial charge in [0.05, 0.1) is 17.5 Å². The van der Waals surface area contributed by atoms with E-state index in [1.807, 2.05) is 13.0 Å². The Labute approximate surface area is 176 Å². The van der Waals surface area contributed by atoms with Gasteiger partial charge in [-0.15, -0.1) is 11.3 Å². The van der Waals surface area contributed by atoms with E-state index in [-0.39, 0.29) is 25.9 Å². The van der Waals surface area contributed by atoms with E-state index in [2.05, 4.69) is 0 Å². The van der Waals surface area contributed by atoms with E-state index in [1.165, 1.54) is 29.5 Å². The fourth-order valence-corrected chi connectivity index (χ4v) is 3.87. The zero-order valence-electron chi connectivity index (χ0n) is 15.7. The zero-order chi connectivity index (χ0) is 20.8. The van der Waals surface area contributed by atoms with Crippen molar-refractivity contribution in [3.8, 4) is 5.75 Å². The second-order valence-corrected chi connectivity index (χ2v) is 7.95. The molecule has 0 N–H and O–H groups in total. The summed E-state index contributed by atoms with van der Waals surface area (Å²) in [7, 11) is 0. The van der Waals surface area contributed by atoms with Crippen LogP contribution in [0.5, 0.6) is 5.75 Å². The molecule has 0 radical (unpaired) electrons. The Morgan fingerprint density at radius 3 is 2.93 bits per heavy atom. The van der Waals surface area contributed by atoms with E-state index >= 15 is 0 Å². The summed E-state index contributed by atoms with van der Waals surface area (Å²) in [6, 6.07) is 6.20. The molecule has 1 aromatic heterocycles. The van der Waals surface area contributed by atoms with E-state index in [4.69, 9.17) is 25.8 Å². The van der Waals surface area contributed by atoms with E-state index in [0.717, 1.165) is 11.0 Å². The van der Waals surface area contributed by atoms with Gasteiger partial charge in [0.15, 0.2) is 13.4 Å². The summed E-state index contributed by atoms with van der Waals surface area (Å²) in [5.41, 5.74) is 0.961. The molecule has 1 amide bonds. The molecule has 1 aliphatic heterocycles. The third-order valence-corrected chi connectivity index (χ3v) is 5.37. The Hall–Kier alpha value is -2.42. The predicted octanol–water partition coefficient (Wildman–Crippen LogP) is 4.01. The van der Waals surface area contributed by atoms with Crippen molar-refractivity contribution in [2.24, 2.45) is 0 Å². The van der Waals surface area contributed by atoms with Crippen LogP contribution in [0, 0.1) is 5.82 Å². The number of nitrogens with zero attached hydrogens (tertiary/aromatic N) is 1. The molecule has 0 spiro atoms. The molecule has 29 heavy (non-hydrogen) atoms. The molecule has 1 aliphatic rings. The lowest BCUT2D eigenvalue weighted by Crippen LogP contribution is -2.33. The first kappa shape index (κ1) is 21.3. The fraction of sp³-hybridized carbons (Fsp3) is 0.300. The normalized spacial score (nSPS) is 13.1. The smallest absolute Gasteiger partial charge is 0.331 e. The van der Waals surface area contributed by atoms with Crippen LogP contribution in [0.3, 0.4) is 0 Å². The average molecular weight is 440 g/mol. The standard InChI is InChI=1S/C20H19ClFNO5S/c1-2-23(9-16-4-5-17(21)29-16)18(24)11-27-19(25)6-3-13-7-15(22)8-14-10-26-12-28-20(13)14/h3-8H,2,9-12H2,1H3/b6-3+. The third kappa shape index (κ3) is 5.79. The lowest BCUT2D eigenvalue weighted by Gasteiger charge is -2.20. The highest BCUT2D eigenvalue weighted by molar-refractivity contribution is 7.16. The number of rotatable bonds is 7. The molecule has 0 saturated heterocycles.